The van der Waals surface area contributed by atoms with Gasteiger partial charge in [-0.15, -0.1) is 0 Å². The van der Waals surface area contributed by atoms with Crippen molar-refractivity contribution in [2.24, 2.45) is 7.05 Å². The van der Waals surface area contributed by atoms with Crippen molar-refractivity contribution in [3.8, 4) is 0 Å². The van der Waals surface area contributed by atoms with Crippen LogP contribution >= 0.6 is 0 Å². The first-order valence-corrected chi connectivity index (χ1v) is 7.99. The standard InChI is InChI=1S/C18H24N4/c1-13(2)15-5-6-16-12-20-22(18(16)11-15)10-8-14(3)17-7-9-19-21(17)4/h5-7,9,11-14H,8,10H2,1-4H3. The van der Waals surface area contributed by atoms with Crippen LogP contribution in [0.4, 0.5) is 0 Å². The quantitative estimate of drug-likeness (QED) is 0.711. The van der Waals surface area contributed by atoms with Crippen LogP contribution in [0.1, 0.15) is 50.3 Å². The molecular weight excluding hydrogens is 272 g/mol. The smallest absolute Gasteiger partial charge is 0.0685 e. The number of rotatable bonds is 5. The summed E-state index contributed by atoms with van der Waals surface area (Å²) in [5.74, 6) is 1.01. The van der Waals surface area contributed by atoms with Gasteiger partial charge in [-0.3, -0.25) is 9.36 Å². The van der Waals surface area contributed by atoms with E-state index >= 15 is 0 Å². The lowest BCUT2D eigenvalue weighted by atomic mass is 10.0. The molecule has 0 N–H and O–H groups in total. The number of nitrogens with zero attached hydrogens (tertiary/aromatic N) is 4. The molecule has 0 aliphatic carbocycles. The first-order chi connectivity index (χ1) is 10.6. The Hall–Kier alpha value is -2.10. The van der Waals surface area contributed by atoms with E-state index in [0.717, 1.165) is 13.0 Å². The Bertz CT molecular complexity index is 766. The van der Waals surface area contributed by atoms with Crippen LogP contribution in [0.3, 0.4) is 0 Å². The summed E-state index contributed by atoms with van der Waals surface area (Å²) < 4.78 is 4.09. The van der Waals surface area contributed by atoms with Gasteiger partial charge in [0, 0.05) is 30.9 Å². The van der Waals surface area contributed by atoms with E-state index in [1.54, 1.807) is 0 Å². The highest BCUT2D eigenvalue weighted by Crippen LogP contribution is 2.23. The summed E-state index contributed by atoms with van der Waals surface area (Å²) in [6.07, 6.45) is 4.89. The molecule has 0 amide bonds. The predicted octanol–water partition coefficient (Wildman–Crippen LogP) is 4.09. The number of fused-ring (bicyclic) bond motifs is 1. The van der Waals surface area contributed by atoms with E-state index < -0.39 is 0 Å². The van der Waals surface area contributed by atoms with Gasteiger partial charge >= 0.3 is 0 Å². The molecule has 0 bridgehead atoms. The maximum atomic E-state index is 4.57. The monoisotopic (exact) mass is 296 g/mol. The zero-order valence-electron chi connectivity index (χ0n) is 13.8. The minimum absolute atomic E-state index is 0.472. The van der Waals surface area contributed by atoms with Gasteiger partial charge in [-0.1, -0.05) is 32.9 Å². The molecule has 116 valence electrons. The minimum atomic E-state index is 0.472. The molecule has 2 aromatic heterocycles. The lowest BCUT2D eigenvalue weighted by molar-refractivity contribution is 0.521. The van der Waals surface area contributed by atoms with Gasteiger partial charge in [0.05, 0.1) is 11.7 Å². The average Bonchev–Trinajstić information content (AvgIpc) is 3.10. The predicted molar refractivity (Wildman–Crippen MR) is 90.1 cm³/mol. The average molecular weight is 296 g/mol. The van der Waals surface area contributed by atoms with E-state index in [-0.39, 0.29) is 0 Å². The Labute approximate surface area is 131 Å². The summed E-state index contributed by atoms with van der Waals surface area (Å²) in [5, 5.41) is 10.0. The van der Waals surface area contributed by atoms with Crippen molar-refractivity contribution in [3.63, 3.8) is 0 Å². The van der Waals surface area contributed by atoms with E-state index in [1.807, 2.05) is 24.1 Å². The van der Waals surface area contributed by atoms with Gasteiger partial charge < -0.3 is 0 Å². The first kappa shape index (κ1) is 14.8. The van der Waals surface area contributed by atoms with Crippen LogP contribution in [-0.4, -0.2) is 19.6 Å². The summed E-state index contributed by atoms with van der Waals surface area (Å²) >= 11 is 0. The number of aryl methyl sites for hydroxylation is 2. The van der Waals surface area contributed by atoms with Gasteiger partial charge in [-0.05, 0) is 36.0 Å². The van der Waals surface area contributed by atoms with E-state index in [2.05, 4.69) is 59.9 Å². The Balaban J connectivity index is 1.79. The molecule has 1 aromatic carbocycles. The van der Waals surface area contributed by atoms with Crippen LogP contribution in [0.2, 0.25) is 0 Å². The second-order valence-electron chi connectivity index (χ2n) is 6.41. The van der Waals surface area contributed by atoms with E-state index in [1.165, 1.54) is 22.2 Å². The maximum absolute atomic E-state index is 4.57. The molecule has 4 nitrogen and oxygen atoms in total. The van der Waals surface area contributed by atoms with Gasteiger partial charge in [-0.2, -0.15) is 10.2 Å². The van der Waals surface area contributed by atoms with Crippen LogP contribution in [-0.2, 0) is 13.6 Å². The molecule has 3 aromatic rings. The van der Waals surface area contributed by atoms with E-state index in [4.69, 9.17) is 0 Å². The highest BCUT2D eigenvalue weighted by Gasteiger charge is 2.11. The van der Waals surface area contributed by atoms with Gasteiger partial charge in [0.25, 0.3) is 0 Å². The van der Waals surface area contributed by atoms with Crippen LogP contribution < -0.4 is 0 Å². The summed E-state index contributed by atoms with van der Waals surface area (Å²) in [7, 11) is 2.00. The van der Waals surface area contributed by atoms with Gasteiger partial charge in [0.1, 0.15) is 0 Å². The number of hydrogen-bond donors (Lipinski definition) is 0. The number of hydrogen-bond acceptors (Lipinski definition) is 2. The number of aromatic nitrogens is 4. The van der Waals surface area contributed by atoms with Gasteiger partial charge in [0.15, 0.2) is 0 Å². The fourth-order valence-electron chi connectivity index (χ4n) is 2.96. The van der Waals surface area contributed by atoms with Crippen molar-refractivity contribution in [2.45, 2.75) is 45.6 Å². The third-order valence-corrected chi connectivity index (χ3v) is 4.47. The molecule has 0 saturated carbocycles. The third kappa shape index (κ3) is 2.78. The highest BCUT2D eigenvalue weighted by atomic mass is 15.3. The van der Waals surface area contributed by atoms with Crippen LogP contribution in [0.5, 0.6) is 0 Å². The first-order valence-electron chi connectivity index (χ1n) is 7.99. The van der Waals surface area contributed by atoms with Crippen LogP contribution in [0, 0.1) is 0 Å². The second kappa shape index (κ2) is 5.95. The fourth-order valence-corrected chi connectivity index (χ4v) is 2.96. The summed E-state index contributed by atoms with van der Waals surface area (Å²) in [4.78, 5) is 0. The van der Waals surface area contributed by atoms with Gasteiger partial charge in [0.2, 0.25) is 0 Å². The molecule has 0 radical (unpaired) electrons. The Morgan fingerprint density at radius 2 is 1.91 bits per heavy atom. The van der Waals surface area contributed by atoms with Crippen LogP contribution in [0.15, 0.2) is 36.7 Å². The molecule has 22 heavy (non-hydrogen) atoms. The molecule has 0 spiro atoms. The Kier molecular flexibility index (Phi) is 4.01. The molecule has 1 unspecified atom stereocenters. The molecular formula is C18H24N4. The third-order valence-electron chi connectivity index (χ3n) is 4.47. The van der Waals surface area contributed by atoms with Crippen molar-refractivity contribution >= 4 is 10.9 Å². The fraction of sp³-hybridized carbons (Fsp3) is 0.444. The summed E-state index contributed by atoms with van der Waals surface area (Å²) in [6.45, 7) is 7.64. The Morgan fingerprint density at radius 1 is 1.09 bits per heavy atom. The highest BCUT2D eigenvalue weighted by molar-refractivity contribution is 5.79. The summed E-state index contributed by atoms with van der Waals surface area (Å²) in [5.41, 5.74) is 3.89. The van der Waals surface area contributed by atoms with Crippen molar-refractivity contribution in [1.29, 1.82) is 0 Å². The Morgan fingerprint density at radius 3 is 2.59 bits per heavy atom. The lowest BCUT2D eigenvalue weighted by Gasteiger charge is -2.13. The molecule has 0 fully saturated rings. The SMILES string of the molecule is CC(C)c1ccc2cnn(CCC(C)c3ccnn3C)c2c1. The van der Waals surface area contributed by atoms with E-state index in [0.29, 0.717) is 11.8 Å². The minimum Gasteiger partial charge on any atom is -0.272 e. The van der Waals surface area contributed by atoms with Crippen molar-refractivity contribution in [3.05, 3.63) is 47.9 Å². The van der Waals surface area contributed by atoms with Gasteiger partial charge in [-0.25, -0.2) is 0 Å². The maximum Gasteiger partial charge on any atom is 0.0685 e. The number of benzene rings is 1. The molecule has 4 heteroatoms. The van der Waals surface area contributed by atoms with Crippen molar-refractivity contribution < 1.29 is 0 Å². The zero-order chi connectivity index (χ0) is 15.7. The topological polar surface area (TPSA) is 35.6 Å². The zero-order valence-corrected chi connectivity index (χ0v) is 13.8. The van der Waals surface area contributed by atoms with Crippen molar-refractivity contribution in [2.75, 3.05) is 0 Å². The molecule has 0 aliphatic rings. The molecule has 2 heterocycles. The second-order valence-corrected chi connectivity index (χ2v) is 6.41. The largest absolute Gasteiger partial charge is 0.272 e. The molecule has 3 rings (SSSR count). The molecule has 0 saturated heterocycles. The normalized spacial score (nSPS) is 13.1. The van der Waals surface area contributed by atoms with Crippen molar-refractivity contribution in [1.82, 2.24) is 19.6 Å². The molecule has 0 aliphatic heterocycles. The van der Waals surface area contributed by atoms with E-state index in [9.17, 15) is 0 Å². The summed E-state index contributed by atoms with van der Waals surface area (Å²) in [6, 6.07) is 8.76. The molecule has 1 atom stereocenters. The van der Waals surface area contributed by atoms with Crippen LogP contribution in [0.25, 0.3) is 10.9 Å². The lowest BCUT2D eigenvalue weighted by Crippen LogP contribution is -2.08.